The molecule has 0 saturated heterocycles. The van der Waals surface area contributed by atoms with E-state index in [0.29, 0.717) is 0 Å². The quantitative estimate of drug-likeness (QED) is 0.394. The van der Waals surface area contributed by atoms with Crippen LogP contribution in [-0.2, 0) is 0 Å². The van der Waals surface area contributed by atoms with E-state index in [2.05, 4.69) is 26.0 Å². The summed E-state index contributed by atoms with van der Waals surface area (Å²) < 4.78 is 0. The SMILES string of the molecule is CCC=CCC1=C(CCCCC)C1. The molecule has 0 heterocycles. The smallest absolute Gasteiger partial charge is 0.00996 e. The van der Waals surface area contributed by atoms with Gasteiger partial charge in [0.1, 0.15) is 0 Å². The molecule has 0 aromatic rings. The van der Waals surface area contributed by atoms with Gasteiger partial charge < -0.3 is 0 Å². The lowest BCUT2D eigenvalue weighted by atomic mass is 10.2. The van der Waals surface area contributed by atoms with Crippen molar-refractivity contribution in [1.82, 2.24) is 0 Å². The van der Waals surface area contributed by atoms with Crippen LogP contribution in [0.1, 0.15) is 58.8 Å². The van der Waals surface area contributed by atoms with E-state index in [0.717, 1.165) is 0 Å². The number of unbranched alkanes of at least 4 members (excludes halogenated alkanes) is 2. The van der Waals surface area contributed by atoms with Crippen LogP contribution in [0.5, 0.6) is 0 Å². The molecule has 0 saturated carbocycles. The van der Waals surface area contributed by atoms with Crippen LogP contribution in [0.15, 0.2) is 23.3 Å². The second-order valence-electron chi connectivity index (χ2n) is 3.92. The van der Waals surface area contributed by atoms with Crippen molar-refractivity contribution in [3.8, 4) is 0 Å². The minimum absolute atomic E-state index is 1.18. The van der Waals surface area contributed by atoms with E-state index in [1.54, 1.807) is 11.1 Å². The van der Waals surface area contributed by atoms with Crippen LogP contribution >= 0.6 is 0 Å². The largest absolute Gasteiger partial charge is 0.0885 e. The number of rotatable bonds is 7. The molecule has 0 N–H and O–H groups in total. The van der Waals surface area contributed by atoms with E-state index in [1.165, 1.54) is 44.9 Å². The molecule has 13 heavy (non-hydrogen) atoms. The summed E-state index contributed by atoms with van der Waals surface area (Å²) >= 11 is 0. The third-order valence-electron chi connectivity index (χ3n) is 2.65. The van der Waals surface area contributed by atoms with Crippen molar-refractivity contribution in [2.75, 3.05) is 0 Å². The topological polar surface area (TPSA) is 0 Å². The first kappa shape index (κ1) is 10.6. The number of allylic oxidation sites excluding steroid dienone is 4. The van der Waals surface area contributed by atoms with Crippen LogP contribution in [0.2, 0.25) is 0 Å². The Labute approximate surface area is 82.7 Å². The van der Waals surface area contributed by atoms with Gasteiger partial charge in [0.05, 0.1) is 0 Å². The van der Waals surface area contributed by atoms with Gasteiger partial charge in [0.2, 0.25) is 0 Å². The average Bonchev–Trinajstić information content (AvgIpc) is 2.85. The monoisotopic (exact) mass is 178 g/mol. The molecule has 0 heteroatoms. The van der Waals surface area contributed by atoms with Gasteiger partial charge in [-0.2, -0.15) is 0 Å². The lowest BCUT2D eigenvalue weighted by molar-refractivity contribution is 0.720. The first-order chi connectivity index (χ1) is 6.38. The normalized spacial score (nSPS) is 15.8. The Morgan fingerprint density at radius 2 is 1.92 bits per heavy atom. The van der Waals surface area contributed by atoms with Gasteiger partial charge in [-0.3, -0.25) is 0 Å². The van der Waals surface area contributed by atoms with E-state index in [1.807, 2.05) is 0 Å². The summed E-state index contributed by atoms with van der Waals surface area (Å²) in [6.07, 6.45) is 13.9. The van der Waals surface area contributed by atoms with Crippen molar-refractivity contribution in [1.29, 1.82) is 0 Å². The lowest BCUT2D eigenvalue weighted by Crippen LogP contribution is -1.71. The molecule has 0 aromatic heterocycles. The Hall–Kier alpha value is -0.520. The zero-order chi connectivity index (χ0) is 9.52. The summed E-state index contributed by atoms with van der Waals surface area (Å²) in [5.74, 6) is 0. The molecule has 0 spiro atoms. The van der Waals surface area contributed by atoms with Crippen molar-refractivity contribution in [3.05, 3.63) is 23.3 Å². The van der Waals surface area contributed by atoms with Gasteiger partial charge in [-0.05, 0) is 32.1 Å². The Kier molecular flexibility index (Phi) is 4.88. The standard InChI is InChI=1S/C13H22/c1-3-5-7-9-12-11-13(12)10-8-6-4-2/h5,7H,3-4,6,8-11H2,1-2H3. The van der Waals surface area contributed by atoms with Gasteiger partial charge in [0.25, 0.3) is 0 Å². The maximum absolute atomic E-state index is 2.32. The molecule has 0 bridgehead atoms. The molecule has 1 aliphatic carbocycles. The molecule has 0 atom stereocenters. The van der Waals surface area contributed by atoms with E-state index >= 15 is 0 Å². The van der Waals surface area contributed by atoms with E-state index in [4.69, 9.17) is 0 Å². The van der Waals surface area contributed by atoms with Gasteiger partial charge in [0, 0.05) is 0 Å². The van der Waals surface area contributed by atoms with E-state index in [-0.39, 0.29) is 0 Å². The van der Waals surface area contributed by atoms with Crippen LogP contribution in [0, 0.1) is 0 Å². The maximum atomic E-state index is 2.32. The molecule has 0 aromatic carbocycles. The highest BCUT2D eigenvalue weighted by molar-refractivity contribution is 5.36. The Balaban J connectivity index is 2.06. The van der Waals surface area contributed by atoms with Crippen LogP contribution in [0.25, 0.3) is 0 Å². The van der Waals surface area contributed by atoms with Gasteiger partial charge in [-0.1, -0.05) is 50.0 Å². The van der Waals surface area contributed by atoms with Crippen molar-refractivity contribution in [2.24, 2.45) is 0 Å². The molecule has 0 amide bonds. The Morgan fingerprint density at radius 1 is 1.08 bits per heavy atom. The fourth-order valence-electron chi connectivity index (χ4n) is 1.68. The van der Waals surface area contributed by atoms with E-state index < -0.39 is 0 Å². The number of hydrogen-bond acceptors (Lipinski definition) is 0. The van der Waals surface area contributed by atoms with Crippen molar-refractivity contribution in [2.45, 2.75) is 58.8 Å². The summed E-state index contributed by atoms with van der Waals surface area (Å²) in [6.45, 7) is 4.46. The zero-order valence-electron chi connectivity index (χ0n) is 9.10. The second kappa shape index (κ2) is 6.01. The second-order valence-corrected chi connectivity index (χ2v) is 3.92. The average molecular weight is 178 g/mol. The van der Waals surface area contributed by atoms with Crippen LogP contribution in [0.3, 0.4) is 0 Å². The van der Waals surface area contributed by atoms with Gasteiger partial charge >= 0.3 is 0 Å². The molecular weight excluding hydrogens is 156 g/mol. The first-order valence-corrected chi connectivity index (χ1v) is 5.73. The molecule has 1 rings (SSSR count). The molecular formula is C13H22. The van der Waals surface area contributed by atoms with Crippen molar-refractivity contribution >= 4 is 0 Å². The molecule has 0 radical (unpaired) electrons. The fourth-order valence-corrected chi connectivity index (χ4v) is 1.68. The van der Waals surface area contributed by atoms with E-state index in [9.17, 15) is 0 Å². The third-order valence-corrected chi connectivity index (χ3v) is 2.65. The van der Waals surface area contributed by atoms with Gasteiger partial charge in [0.15, 0.2) is 0 Å². The van der Waals surface area contributed by atoms with Crippen molar-refractivity contribution < 1.29 is 0 Å². The minimum Gasteiger partial charge on any atom is -0.0885 e. The summed E-state index contributed by atoms with van der Waals surface area (Å²) in [7, 11) is 0. The Morgan fingerprint density at radius 3 is 2.62 bits per heavy atom. The predicted molar refractivity (Wildman–Crippen MR) is 59.8 cm³/mol. The molecule has 1 aliphatic rings. The van der Waals surface area contributed by atoms with Gasteiger partial charge in [-0.25, -0.2) is 0 Å². The van der Waals surface area contributed by atoms with Crippen molar-refractivity contribution in [3.63, 3.8) is 0 Å². The van der Waals surface area contributed by atoms with Gasteiger partial charge in [-0.15, -0.1) is 0 Å². The maximum Gasteiger partial charge on any atom is -0.00996 e. The highest BCUT2D eigenvalue weighted by atomic mass is 14.2. The minimum atomic E-state index is 1.18. The predicted octanol–water partition coefficient (Wildman–Crippen LogP) is 4.62. The Bertz CT molecular complexity index is 196. The lowest BCUT2D eigenvalue weighted by Gasteiger charge is -1.90. The summed E-state index contributed by atoms with van der Waals surface area (Å²) in [6, 6.07) is 0. The third kappa shape index (κ3) is 4.31. The summed E-state index contributed by atoms with van der Waals surface area (Å²) in [4.78, 5) is 0. The van der Waals surface area contributed by atoms with Crippen LogP contribution < -0.4 is 0 Å². The molecule has 0 nitrogen and oxygen atoms in total. The molecule has 0 fully saturated rings. The zero-order valence-corrected chi connectivity index (χ0v) is 9.10. The molecule has 74 valence electrons. The highest BCUT2D eigenvalue weighted by Crippen LogP contribution is 2.37. The number of hydrogen-bond donors (Lipinski definition) is 0. The highest BCUT2D eigenvalue weighted by Gasteiger charge is 2.18. The summed E-state index contributed by atoms with van der Waals surface area (Å²) in [5, 5.41) is 0. The van der Waals surface area contributed by atoms with Crippen LogP contribution in [-0.4, -0.2) is 0 Å². The fraction of sp³-hybridized carbons (Fsp3) is 0.692. The molecule has 0 aliphatic heterocycles. The summed E-state index contributed by atoms with van der Waals surface area (Å²) in [5.41, 5.74) is 3.48. The molecule has 0 unspecified atom stereocenters. The first-order valence-electron chi connectivity index (χ1n) is 5.73. The van der Waals surface area contributed by atoms with Crippen LogP contribution in [0.4, 0.5) is 0 Å².